The van der Waals surface area contributed by atoms with Crippen molar-refractivity contribution in [3.8, 4) is 0 Å². The summed E-state index contributed by atoms with van der Waals surface area (Å²) >= 11 is 0. The number of nitrogens with one attached hydrogen (secondary N) is 1. The highest BCUT2D eigenvalue weighted by Gasteiger charge is 2.23. The first-order valence-electron chi connectivity index (χ1n) is 7.20. The van der Waals surface area contributed by atoms with Crippen molar-refractivity contribution in [2.75, 3.05) is 6.61 Å². The van der Waals surface area contributed by atoms with E-state index in [1.807, 2.05) is 6.07 Å². The molecule has 2 nitrogen and oxygen atoms in total. The molecule has 1 unspecified atom stereocenters. The maximum atomic E-state index is 9.52. The minimum Gasteiger partial charge on any atom is -0.395 e. The molecular formula is C16H25NO. The molecule has 0 amide bonds. The third-order valence-electron chi connectivity index (χ3n) is 4.15. The van der Waals surface area contributed by atoms with Crippen molar-refractivity contribution in [1.29, 1.82) is 0 Å². The molecule has 2 N–H and O–H groups in total. The van der Waals surface area contributed by atoms with Gasteiger partial charge < -0.3 is 10.4 Å². The van der Waals surface area contributed by atoms with Crippen LogP contribution >= 0.6 is 0 Å². The molecule has 100 valence electrons. The monoisotopic (exact) mass is 247 g/mol. The number of hydrogen-bond donors (Lipinski definition) is 2. The Bertz CT molecular complexity index is 332. The third kappa shape index (κ3) is 3.82. The van der Waals surface area contributed by atoms with Crippen LogP contribution in [0.3, 0.4) is 0 Å². The Morgan fingerprint density at radius 1 is 1.22 bits per heavy atom. The van der Waals surface area contributed by atoms with Crippen molar-refractivity contribution in [2.24, 2.45) is 5.92 Å². The molecule has 0 aliphatic heterocycles. The predicted molar refractivity (Wildman–Crippen MR) is 75.6 cm³/mol. The molecule has 2 rings (SSSR count). The Labute approximate surface area is 110 Å². The second-order valence-electron chi connectivity index (χ2n) is 5.57. The predicted octanol–water partition coefficient (Wildman–Crippen LogP) is 2.76. The molecule has 1 aliphatic rings. The van der Waals surface area contributed by atoms with E-state index in [1.54, 1.807) is 0 Å². The second-order valence-corrected chi connectivity index (χ2v) is 5.57. The van der Waals surface area contributed by atoms with Gasteiger partial charge in [0.25, 0.3) is 0 Å². The van der Waals surface area contributed by atoms with Crippen LogP contribution in [0.15, 0.2) is 30.3 Å². The molecule has 18 heavy (non-hydrogen) atoms. The van der Waals surface area contributed by atoms with E-state index in [0.717, 1.165) is 12.3 Å². The molecule has 1 fully saturated rings. The van der Waals surface area contributed by atoms with E-state index < -0.39 is 0 Å². The van der Waals surface area contributed by atoms with Crippen LogP contribution in [-0.2, 0) is 6.42 Å². The number of benzene rings is 1. The lowest BCUT2D eigenvalue weighted by Crippen LogP contribution is -2.43. The van der Waals surface area contributed by atoms with Crippen LogP contribution < -0.4 is 5.32 Å². The molecule has 1 aromatic carbocycles. The second kappa shape index (κ2) is 6.91. The zero-order chi connectivity index (χ0) is 12.8. The van der Waals surface area contributed by atoms with E-state index in [0.29, 0.717) is 6.04 Å². The first-order chi connectivity index (χ1) is 8.79. The minimum atomic E-state index is 0.183. The summed E-state index contributed by atoms with van der Waals surface area (Å²) in [6, 6.07) is 11.1. The van der Waals surface area contributed by atoms with Gasteiger partial charge in [-0.25, -0.2) is 0 Å². The molecular weight excluding hydrogens is 222 g/mol. The Morgan fingerprint density at radius 3 is 2.50 bits per heavy atom. The fourth-order valence-corrected chi connectivity index (χ4v) is 3.04. The Hall–Kier alpha value is -0.860. The lowest BCUT2D eigenvalue weighted by Gasteiger charge is -2.26. The van der Waals surface area contributed by atoms with Crippen LogP contribution in [0.5, 0.6) is 0 Å². The summed E-state index contributed by atoms with van der Waals surface area (Å²) in [6.07, 6.45) is 6.35. The molecule has 1 aliphatic carbocycles. The SMILES string of the molecule is CC(N[C@H](CO)Cc1ccccc1)C1CCCC1. The third-order valence-corrected chi connectivity index (χ3v) is 4.15. The van der Waals surface area contributed by atoms with E-state index in [-0.39, 0.29) is 12.6 Å². The summed E-state index contributed by atoms with van der Waals surface area (Å²) in [4.78, 5) is 0. The van der Waals surface area contributed by atoms with Crippen LogP contribution in [0.25, 0.3) is 0 Å². The molecule has 0 spiro atoms. The van der Waals surface area contributed by atoms with Gasteiger partial charge in [0.1, 0.15) is 0 Å². The highest BCUT2D eigenvalue weighted by molar-refractivity contribution is 5.16. The molecule has 1 saturated carbocycles. The van der Waals surface area contributed by atoms with Gasteiger partial charge in [0.15, 0.2) is 0 Å². The molecule has 0 saturated heterocycles. The van der Waals surface area contributed by atoms with Gasteiger partial charge >= 0.3 is 0 Å². The van der Waals surface area contributed by atoms with Gasteiger partial charge in [0, 0.05) is 12.1 Å². The lowest BCUT2D eigenvalue weighted by molar-refractivity contribution is 0.218. The Morgan fingerprint density at radius 2 is 1.89 bits per heavy atom. The van der Waals surface area contributed by atoms with Gasteiger partial charge in [-0.05, 0) is 37.7 Å². The van der Waals surface area contributed by atoms with Gasteiger partial charge in [-0.2, -0.15) is 0 Å². The molecule has 0 heterocycles. The maximum absolute atomic E-state index is 9.52. The van der Waals surface area contributed by atoms with E-state index in [1.165, 1.54) is 31.2 Å². The number of aliphatic hydroxyl groups excluding tert-OH is 1. The van der Waals surface area contributed by atoms with Crippen LogP contribution in [0.1, 0.15) is 38.2 Å². The van der Waals surface area contributed by atoms with Crippen molar-refractivity contribution in [2.45, 2.75) is 51.1 Å². The summed E-state index contributed by atoms with van der Waals surface area (Å²) in [5.41, 5.74) is 1.29. The van der Waals surface area contributed by atoms with Crippen molar-refractivity contribution < 1.29 is 5.11 Å². The Balaban J connectivity index is 1.85. The van der Waals surface area contributed by atoms with Crippen molar-refractivity contribution in [3.05, 3.63) is 35.9 Å². The topological polar surface area (TPSA) is 32.3 Å². The maximum Gasteiger partial charge on any atom is 0.0587 e. The number of rotatable bonds is 6. The van der Waals surface area contributed by atoms with E-state index in [2.05, 4.69) is 36.5 Å². The zero-order valence-electron chi connectivity index (χ0n) is 11.3. The molecule has 0 radical (unpaired) electrons. The van der Waals surface area contributed by atoms with Gasteiger partial charge in [0.05, 0.1) is 6.61 Å². The largest absolute Gasteiger partial charge is 0.395 e. The Kier molecular flexibility index (Phi) is 5.21. The van der Waals surface area contributed by atoms with E-state index in [4.69, 9.17) is 0 Å². The summed E-state index contributed by atoms with van der Waals surface area (Å²) < 4.78 is 0. The van der Waals surface area contributed by atoms with Crippen molar-refractivity contribution >= 4 is 0 Å². The first-order valence-corrected chi connectivity index (χ1v) is 7.20. The fourth-order valence-electron chi connectivity index (χ4n) is 3.04. The van der Waals surface area contributed by atoms with Crippen LogP contribution in [-0.4, -0.2) is 23.8 Å². The van der Waals surface area contributed by atoms with Crippen molar-refractivity contribution in [3.63, 3.8) is 0 Å². The van der Waals surface area contributed by atoms with E-state index in [9.17, 15) is 5.11 Å². The molecule has 0 aromatic heterocycles. The average Bonchev–Trinajstić information content (AvgIpc) is 2.93. The molecule has 1 aromatic rings. The van der Waals surface area contributed by atoms with Crippen LogP contribution in [0.4, 0.5) is 0 Å². The van der Waals surface area contributed by atoms with Crippen molar-refractivity contribution in [1.82, 2.24) is 5.32 Å². The molecule has 2 heteroatoms. The summed E-state index contributed by atoms with van der Waals surface area (Å²) in [7, 11) is 0. The summed E-state index contributed by atoms with van der Waals surface area (Å²) in [6.45, 7) is 2.48. The molecule has 2 atom stereocenters. The quantitative estimate of drug-likeness (QED) is 0.810. The standard InChI is InChI=1S/C16H25NO/c1-13(15-9-5-6-10-15)17-16(12-18)11-14-7-3-2-4-8-14/h2-4,7-8,13,15-18H,5-6,9-12H2,1H3/t13?,16-/m0/s1. The zero-order valence-corrected chi connectivity index (χ0v) is 11.3. The number of aliphatic hydroxyl groups is 1. The van der Waals surface area contributed by atoms with Gasteiger partial charge in [-0.3, -0.25) is 0 Å². The van der Waals surface area contributed by atoms with Gasteiger partial charge in [-0.1, -0.05) is 43.2 Å². The van der Waals surface area contributed by atoms with E-state index >= 15 is 0 Å². The lowest BCUT2D eigenvalue weighted by atomic mass is 9.97. The van der Waals surface area contributed by atoms with Gasteiger partial charge in [0.2, 0.25) is 0 Å². The highest BCUT2D eigenvalue weighted by atomic mass is 16.3. The summed E-state index contributed by atoms with van der Waals surface area (Å²) in [5, 5.41) is 13.1. The molecule has 0 bridgehead atoms. The average molecular weight is 247 g/mol. The van der Waals surface area contributed by atoms with Crippen LogP contribution in [0.2, 0.25) is 0 Å². The summed E-state index contributed by atoms with van der Waals surface area (Å²) in [5.74, 6) is 0.801. The minimum absolute atomic E-state index is 0.183. The fraction of sp³-hybridized carbons (Fsp3) is 0.625. The van der Waals surface area contributed by atoms with Crippen LogP contribution in [0, 0.1) is 5.92 Å². The van der Waals surface area contributed by atoms with Gasteiger partial charge in [-0.15, -0.1) is 0 Å². The smallest absolute Gasteiger partial charge is 0.0587 e. The first kappa shape index (κ1) is 13.6. The normalized spacial score (nSPS) is 19.9. The number of hydrogen-bond acceptors (Lipinski definition) is 2. The highest BCUT2D eigenvalue weighted by Crippen LogP contribution is 2.27.